The summed E-state index contributed by atoms with van der Waals surface area (Å²) < 4.78 is 29.4. The van der Waals surface area contributed by atoms with Crippen molar-refractivity contribution in [2.24, 2.45) is 0 Å². The van der Waals surface area contributed by atoms with Crippen LogP contribution in [0.25, 0.3) is 0 Å². The van der Waals surface area contributed by atoms with Gasteiger partial charge >= 0.3 is 13.1 Å². The van der Waals surface area contributed by atoms with E-state index in [1.54, 1.807) is 21.1 Å². The summed E-state index contributed by atoms with van der Waals surface area (Å²) >= 11 is 2.19. The second-order valence-electron chi connectivity index (χ2n) is 7.48. The van der Waals surface area contributed by atoms with Crippen LogP contribution in [0, 0.1) is 3.57 Å². The van der Waals surface area contributed by atoms with Crippen LogP contribution in [0.2, 0.25) is 0 Å². The van der Waals surface area contributed by atoms with Gasteiger partial charge in [0.2, 0.25) is 0 Å². The lowest BCUT2D eigenvalue weighted by atomic mass is 9.66. The average molecular weight is 490 g/mol. The van der Waals surface area contributed by atoms with Gasteiger partial charge in [0.25, 0.3) is 0 Å². The van der Waals surface area contributed by atoms with Crippen molar-refractivity contribution in [1.82, 2.24) is 0 Å². The molecule has 0 radical (unpaired) electrons. The minimum atomic E-state index is -0.576. The van der Waals surface area contributed by atoms with Crippen LogP contribution < -0.4 is 9.47 Å². The van der Waals surface area contributed by atoms with Gasteiger partial charge in [-0.15, -0.1) is 0 Å². The summed E-state index contributed by atoms with van der Waals surface area (Å²) in [6.07, 6.45) is 0.149. The van der Waals surface area contributed by atoms with Crippen molar-refractivity contribution in [3.63, 3.8) is 0 Å². The number of halogens is 1. The first-order valence-corrected chi connectivity index (χ1v) is 10.1. The number of ether oxygens (including phenoxy) is 3. The van der Waals surface area contributed by atoms with Crippen LogP contribution in [-0.2, 0) is 18.8 Å². The summed E-state index contributed by atoms with van der Waals surface area (Å²) in [7, 11) is 2.62. The van der Waals surface area contributed by atoms with E-state index >= 15 is 0 Å². The molecule has 0 aliphatic carbocycles. The van der Waals surface area contributed by atoms with Crippen molar-refractivity contribution in [2.45, 2.75) is 58.1 Å². The van der Waals surface area contributed by atoms with Crippen LogP contribution in [0.15, 0.2) is 12.1 Å². The van der Waals surface area contributed by atoms with Gasteiger partial charge in [0, 0.05) is 5.82 Å². The molecule has 0 aromatic heterocycles. The molecule has 0 amide bonds. The van der Waals surface area contributed by atoms with E-state index in [9.17, 15) is 4.79 Å². The van der Waals surface area contributed by atoms with Crippen molar-refractivity contribution in [3.05, 3.63) is 21.3 Å². The highest BCUT2D eigenvalue weighted by Crippen LogP contribution is 2.44. The lowest BCUT2D eigenvalue weighted by Gasteiger charge is -2.32. The zero-order valence-corrected chi connectivity index (χ0v) is 19.2. The van der Waals surface area contributed by atoms with Gasteiger partial charge in [0.15, 0.2) is 11.5 Å². The van der Waals surface area contributed by atoms with E-state index in [0.29, 0.717) is 18.1 Å². The van der Waals surface area contributed by atoms with Gasteiger partial charge in [-0.3, -0.25) is 4.79 Å². The Labute approximate surface area is 175 Å². The van der Waals surface area contributed by atoms with Gasteiger partial charge in [-0.05, 0) is 74.9 Å². The Morgan fingerprint density at radius 2 is 1.74 bits per heavy atom. The van der Waals surface area contributed by atoms with E-state index in [1.165, 1.54) is 0 Å². The number of methoxy groups -OCH3 is 2. The zero-order chi connectivity index (χ0) is 20.4. The number of carbonyl (C=O) groups is 1. The Balaban J connectivity index is 2.45. The first kappa shape index (κ1) is 22.3. The third-order valence-electron chi connectivity index (χ3n) is 5.18. The van der Waals surface area contributed by atoms with E-state index in [-0.39, 0.29) is 18.2 Å². The molecule has 1 fully saturated rings. The molecular weight excluding hydrogens is 462 g/mol. The molecule has 1 saturated heterocycles. The van der Waals surface area contributed by atoms with Crippen molar-refractivity contribution in [3.8, 4) is 11.5 Å². The molecule has 1 aromatic rings. The standard InChI is InChI=1S/C19H28BIO6/c1-8-25-16(22)11-13(20-26-18(2,3)19(4,5)27-20)12-9-14(21)17(24-7)15(10-12)23-6/h9-10,13H,8,11H2,1-7H3. The fraction of sp³-hybridized carbons (Fsp3) is 0.632. The van der Waals surface area contributed by atoms with E-state index in [1.807, 2.05) is 39.8 Å². The van der Waals surface area contributed by atoms with Gasteiger partial charge < -0.3 is 23.5 Å². The number of benzene rings is 1. The molecule has 1 atom stereocenters. The quantitative estimate of drug-likeness (QED) is 0.328. The summed E-state index contributed by atoms with van der Waals surface area (Å²) in [6, 6.07) is 3.84. The third kappa shape index (κ3) is 4.71. The molecule has 0 saturated carbocycles. The molecule has 1 aliphatic heterocycles. The molecule has 2 rings (SSSR count). The maximum Gasteiger partial charge on any atom is 0.466 e. The largest absolute Gasteiger partial charge is 0.493 e. The van der Waals surface area contributed by atoms with Gasteiger partial charge in [0.1, 0.15) is 0 Å². The number of esters is 1. The van der Waals surface area contributed by atoms with Crippen LogP contribution >= 0.6 is 22.6 Å². The molecule has 0 N–H and O–H groups in total. The highest BCUT2D eigenvalue weighted by molar-refractivity contribution is 14.1. The molecule has 1 heterocycles. The predicted octanol–water partition coefficient (Wildman–Crippen LogP) is 3.98. The molecule has 6 nitrogen and oxygen atoms in total. The highest BCUT2D eigenvalue weighted by atomic mass is 127. The van der Waals surface area contributed by atoms with Crippen molar-refractivity contribution < 1.29 is 28.3 Å². The van der Waals surface area contributed by atoms with Crippen LogP contribution in [0.1, 0.15) is 52.4 Å². The molecular formula is C19H28BIO6. The van der Waals surface area contributed by atoms with Crippen molar-refractivity contribution >= 4 is 35.7 Å². The van der Waals surface area contributed by atoms with Crippen LogP contribution in [-0.4, -0.2) is 45.1 Å². The highest BCUT2D eigenvalue weighted by Gasteiger charge is 2.54. The minimum absolute atomic E-state index is 0.149. The van der Waals surface area contributed by atoms with E-state index in [2.05, 4.69) is 22.6 Å². The van der Waals surface area contributed by atoms with Gasteiger partial charge in [-0.1, -0.05) is 0 Å². The Hall–Kier alpha value is -0.995. The SMILES string of the molecule is CCOC(=O)CC(B1OC(C)(C)C(C)(C)O1)c1cc(I)c(OC)c(OC)c1. The van der Waals surface area contributed by atoms with Gasteiger partial charge in [-0.2, -0.15) is 0 Å². The topological polar surface area (TPSA) is 63.2 Å². The first-order valence-electron chi connectivity index (χ1n) is 8.99. The Morgan fingerprint density at radius 3 is 2.22 bits per heavy atom. The molecule has 8 heteroatoms. The lowest BCUT2D eigenvalue weighted by molar-refractivity contribution is -0.143. The lowest BCUT2D eigenvalue weighted by Crippen LogP contribution is -2.41. The minimum Gasteiger partial charge on any atom is -0.493 e. The maximum absolute atomic E-state index is 12.3. The summed E-state index contributed by atoms with van der Waals surface area (Å²) in [5.74, 6) is 0.635. The second kappa shape index (κ2) is 8.57. The molecule has 0 bridgehead atoms. The van der Waals surface area contributed by atoms with E-state index in [0.717, 1.165) is 9.13 Å². The summed E-state index contributed by atoms with van der Waals surface area (Å²) in [5, 5.41) is 0. The fourth-order valence-corrected chi connectivity index (χ4v) is 3.82. The Kier molecular flexibility index (Phi) is 7.08. The summed E-state index contributed by atoms with van der Waals surface area (Å²) in [6.45, 7) is 10.1. The zero-order valence-electron chi connectivity index (χ0n) is 17.1. The Bertz CT molecular complexity index is 675. The molecule has 27 heavy (non-hydrogen) atoms. The van der Waals surface area contributed by atoms with Crippen LogP contribution in [0.3, 0.4) is 0 Å². The first-order chi connectivity index (χ1) is 12.6. The van der Waals surface area contributed by atoms with E-state index < -0.39 is 18.3 Å². The maximum atomic E-state index is 12.3. The summed E-state index contributed by atoms with van der Waals surface area (Å²) in [5.41, 5.74) is -0.105. The van der Waals surface area contributed by atoms with E-state index in [4.69, 9.17) is 23.5 Å². The third-order valence-corrected chi connectivity index (χ3v) is 5.98. The normalized spacial score (nSPS) is 18.9. The fourth-order valence-electron chi connectivity index (χ4n) is 2.98. The van der Waals surface area contributed by atoms with Crippen molar-refractivity contribution in [2.75, 3.05) is 20.8 Å². The monoisotopic (exact) mass is 490 g/mol. The summed E-state index contributed by atoms with van der Waals surface area (Å²) in [4.78, 5) is 12.3. The number of hydrogen-bond donors (Lipinski definition) is 0. The number of rotatable bonds is 7. The van der Waals surface area contributed by atoms with Gasteiger partial charge in [0.05, 0.1) is 42.0 Å². The van der Waals surface area contributed by atoms with Crippen LogP contribution in [0.5, 0.6) is 11.5 Å². The molecule has 1 unspecified atom stereocenters. The second-order valence-corrected chi connectivity index (χ2v) is 8.64. The number of carbonyl (C=O) groups excluding carboxylic acids is 1. The Morgan fingerprint density at radius 1 is 1.15 bits per heavy atom. The smallest absolute Gasteiger partial charge is 0.466 e. The van der Waals surface area contributed by atoms with Crippen LogP contribution in [0.4, 0.5) is 0 Å². The van der Waals surface area contributed by atoms with Gasteiger partial charge in [-0.25, -0.2) is 0 Å². The average Bonchev–Trinajstić information content (AvgIpc) is 2.79. The number of hydrogen-bond acceptors (Lipinski definition) is 6. The molecule has 1 aliphatic rings. The molecule has 150 valence electrons. The molecule has 0 spiro atoms. The van der Waals surface area contributed by atoms with Crippen molar-refractivity contribution in [1.29, 1.82) is 0 Å². The predicted molar refractivity (Wildman–Crippen MR) is 112 cm³/mol. The molecule has 1 aromatic carbocycles.